The summed E-state index contributed by atoms with van der Waals surface area (Å²) in [4.78, 5) is 14.2. The lowest BCUT2D eigenvalue weighted by molar-refractivity contribution is -0.136. The fraction of sp³-hybridized carbons (Fsp3) is 0.550. The van der Waals surface area contributed by atoms with Crippen LogP contribution in [0.3, 0.4) is 0 Å². The second-order valence-corrected chi connectivity index (χ2v) is 7.28. The van der Waals surface area contributed by atoms with Gasteiger partial charge in [-0.25, -0.2) is 4.39 Å². The van der Waals surface area contributed by atoms with E-state index >= 15 is 0 Å². The largest absolute Gasteiger partial charge is 0.460 e. The number of hydrogen-bond donors (Lipinski definition) is 1. The van der Waals surface area contributed by atoms with Crippen LogP contribution in [0.1, 0.15) is 39.4 Å². The van der Waals surface area contributed by atoms with Crippen LogP contribution in [0.15, 0.2) is 28.7 Å². The molecule has 0 unspecified atom stereocenters. The van der Waals surface area contributed by atoms with Gasteiger partial charge in [0.2, 0.25) is 5.91 Å². The first-order chi connectivity index (χ1) is 12.0. The van der Waals surface area contributed by atoms with E-state index in [1.54, 1.807) is 6.07 Å². The summed E-state index contributed by atoms with van der Waals surface area (Å²) >= 11 is 0. The Bertz CT molecular complexity index is 740. The lowest BCUT2D eigenvalue weighted by Crippen LogP contribution is -2.51. The molecule has 1 aliphatic rings. The molecule has 3 rings (SSSR count). The molecule has 2 aromatic rings. The Morgan fingerprint density at radius 1 is 1.40 bits per heavy atom. The SMILES string of the molecule is CC[C@@H]1CN(C(=O)C(C)C)CC[C@H]1NCc1cc2cc(F)ccc2o1. The number of halogens is 1. The van der Waals surface area contributed by atoms with Crippen molar-refractivity contribution in [3.63, 3.8) is 0 Å². The van der Waals surface area contributed by atoms with E-state index in [1.807, 2.05) is 24.8 Å². The smallest absolute Gasteiger partial charge is 0.225 e. The van der Waals surface area contributed by atoms with Crippen LogP contribution in [0.25, 0.3) is 11.0 Å². The molecule has 1 N–H and O–H groups in total. The van der Waals surface area contributed by atoms with E-state index in [2.05, 4.69) is 12.2 Å². The topological polar surface area (TPSA) is 45.5 Å². The number of rotatable bonds is 5. The number of piperidine rings is 1. The summed E-state index contributed by atoms with van der Waals surface area (Å²) in [5.74, 6) is 1.31. The van der Waals surface area contributed by atoms with Gasteiger partial charge in [0.1, 0.15) is 17.2 Å². The van der Waals surface area contributed by atoms with E-state index in [0.717, 1.165) is 37.1 Å². The fourth-order valence-electron chi connectivity index (χ4n) is 3.67. The summed E-state index contributed by atoms with van der Waals surface area (Å²) < 4.78 is 19.1. The molecular weight excluding hydrogens is 319 g/mol. The van der Waals surface area contributed by atoms with E-state index in [9.17, 15) is 9.18 Å². The summed E-state index contributed by atoms with van der Waals surface area (Å²) in [7, 11) is 0. The zero-order valence-electron chi connectivity index (χ0n) is 15.2. The van der Waals surface area contributed by atoms with Crippen molar-refractivity contribution in [3.8, 4) is 0 Å². The Balaban J connectivity index is 1.61. The third kappa shape index (κ3) is 4.03. The third-order valence-electron chi connectivity index (χ3n) is 5.13. The normalized spacial score (nSPS) is 21.2. The van der Waals surface area contributed by atoms with Gasteiger partial charge in [-0.05, 0) is 36.6 Å². The fourth-order valence-corrected chi connectivity index (χ4v) is 3.67. The molecule has 0 bridgehead atoms. The number of fused-ring (bicyclic) bond motifs is 1. The number of carbonyl (C=O) groups excluding carboxylic acids is 1. The predicted octanol–water partition coefficient (Wildman–Crippen LogP) is 3.94. The maximum atomic E-state index is 13.3. The third-order valence-corrected chi connectivity index (χ3v) is 5.13. The molecule has 1 saturated heterocycles. The highest BCUT2D eigenvalue weighted by atomic mass is 19.1. The minimum Gasteiger partial charge on any atom is -0.460 e. The molecule has 0 radical (unpaired) electrons. The van der Waals surface area contributed by atoms with Gasteiger partial charge in [0.15, 0.2) is 0 Å². The first kappa shape index (κ1) is 17.9. The molecule has 1 aromatic carbocycles. The van der Waals surface area contributed by atoms with Crippen molar-refractivity contribution in [3.05, 3.63) is 35.8 Å². The predicted molar refractivity (Wildman–Crippen MR) is 96.6 cm³/mol. The second kappa shape index (κ2) is 7.56. The maximum absolute atomic E-state index is 13.3. The molecule has 1 aliphatic heterocycles. The van der Waals surface area contributed by atoms with E-state index in [-0.39, 0.29) is 17.6 Å². The van der Waals surface area contributed by atoms with Gasteiger partial charge >= 0.3 is 0 Å². The molecule has 0 spiro atoms. The molecular formula is C20H27FN2O2. The van der Waals surface area contributed by atoms with Gasteiger partial charge in [0, 0.05) is 30.4 Å². The molecule has 1 aromatic heterocycles. The number of nitrogens with one attached hydrogen (secondary N) is 1. The van der Waals surface area contributed by atoms with Crippen molar-refractivity contribution in [2.75, 3.05) is 13.1 Å². The summed E-state index contributed by atoms with van der Waals surface area (Å²) in [5, 5.41) is 4.37. The highest BCUT2D eigenvalue weighted by molar-refractivity contribution is 5.78. The van der Waals surface area contributed by atoms with Gasteiger partial charge in [-0.2, -0.15) is 0 Å². The van der Waals surface area contributed by atoms with Gasteiger partial charge in [-0.3, -0.25) is 4.79 Å². The Morgan fingerprint density at radius 3 is 2.92 bits per heavy atom. The number of carbonyl (C=O) groups is 1. The van der Waals surface area contributed by atoms with E-state index in [4.69, 9.17) is 4.42 Å². The second-order valence-electron chi connectivity index (χ2n) is 7.28. The number of furan rings is 1. The molecule has 5 heteroatoms. The van der Waals surface area contributed by atoms with Crippen LogP contribution >= 0.6 is 0 Å². The average Bonchev–Trinajstić information content (AvgIpc) is 3.00. The standard InChI is InChI=1S/C20H27FN2O2/c1-4-14-12-23(20(24)13(2)3)8-7-18(14)22-11-17-10-15-9-16(21)5-6-19(15)25-17/h5-6,9-10,13-14,18,22H,4,7-8,11-12H2,1-3H3/t14-,18-/m1/s1. The summed E-state index contributed by atoms with van der Waals surface area (Å²) in [6, 6.07) is 6.83. The first-order valence-corrected chi connectivity index (χ1v) is 9.18. The maximum Gasteiger partial charge on any atom is 0.225 e. The molecule has 1 amide bonds. The number of benzene rings is 1. The molecule has 0 aliphatic carbocycles. The van der Waals surface area contributed by atoms with E-state index in [0.29, 0.717) is 24.1 Å². The Hall–Kier alpha value is -1.88. The van der Waals surface area contributed by atoms with Gasteiger partial charge < -0.3 is 14.6 Å². The number of hydrogen-bond acceptors (Lipinski definition) is 3. The van der Waals surface area contributed by atoms with Crippen LogP contribution in [0.4, 0.5) is 4.39 Å². The van der Waals surface area contributed by atoms with Crippen molar-refractivity contribution in [2.45, 2.75) is 46.2 Å². The molecule has 2 atom stereocenters. The average molecular weight is 346 g/mol. The summed E-state index contributed by atoms with van der Waals surface area (Å²) in [5.41, 5.74) is 0.711. The lowest BCUT2D eigenvalue weighted by Gasteiger charge is -2.39. The van der Waals surface area contributed by atoms with E-state index in [1.165, 1.54) is 12.1 Å². The van der Waals surface area contributed by atoms with Crippen molar-refractivity contribution >= 4 is 16.9 Å². The number of amides is 1. The van der Waals surface area contributed by atoms with Gasteiger partial charge in [-0.1, -0.05) is 27.2 Å². The van der Waals surface area contributed by atoms with Gasteiger partial charge in [-0.15, -0.1) is 0 Å². The van der Waals surface area contributed by atoms with Crippen LogP contribution < -0.4 is 5.32 Å². The van der Waals surface area contributed by atoms with Crippen LogP contribution in [0.5, 0.6) is 0 Å². The molecule has 4 nitrogen and oxygen atoms in total. The highest BCUT2D eigenvalue weighted by Gasteiger charge is 2.30. The van der Waals surface area contributed by atoms with Crippen LogP contribution in [-0.4, -0.2) is 29.9 Å². The van der Waals surface area contributed by atoms with Gasteiger partial charge in [0.25, 0.3) is 0 Å². The quantitative estimate of drug-likeness (QED) is 0.892. The summed E-state index contributed by atoms with van der Waals surface area (Å²) in [6.07, 6.45) is 1.98. The Kier molecular flexibility index (Phi) is 5.42. The zero-order chi connectivity index (χ0) is 18.0. The Morgan fingerprint density at radius 2 is 2.20 bits per heavy atom. The minimum atomic E-state index is -0.249. The van der Waals surface area contributed by atoms with Crippen molar-refractivity contribution in [1.82, 2.24) is 10.2 Å². The lowest BCUT2D eigenvalue weighted by atomic mass is 9.89. The Labute approximate surface area is 148 Å². The minimum absolute atomic E-state index is 0.0537. The van der Waals surface area contributed by atoms with E-state index < -0.39 is 0 Å². The van der Waals surface area contributed by atoms with Crippen molar-refractivity contribution < 1.29 is 13.6 Å². The van der Waals surface area contributed by atoms with Crippen LogP contribution in [0, 0.1) is 17.7 Å². The zero-order valence-corrected chi connectivity index (χ0v) is 15.2. The van der Waals surface area contributed by atoms with Crippen LogP contribution in [-0.2, 0) is 11.3 Å². The molecule has 1 fully saturated rings. The van der Waals surface area contributed by atoms with Gasteiger partial charge in [0.05, 0.1) is 6.54 Å². The molecule has 0 saturated carbocycles. The van der Waals surface area contributed by atoms with Crippen molar-refractivity contribution in [2.24, 2.45) is 11.8 Å². The van der Waals surface area contributed by atoms with Crippen molar-refractivity contribution in [1.29, 1.82) is 0 Å². The van der Waals surface area contributed by atoms with Crippen LogP contribution in [0.2, 0.25) is 0 Å². The number of likely N-dealkylation sites (tertiary alicyclic amines) is 1. The summed E-state index contributed by atoms with van der Waals surface area (Å²) in [6.45, 7) is 8.32. The monoisotopic (exact) mass is 346 g/mol. The molecule has 25 heavy (non-hydrogen) atoms. The number of nitrogens with zero attached hydrogens (tertiary/aromatic N) is 1. The first-order valence-electron chi connectivity index (χ1n) is 9.18. The molecule has 136 valence electrons. The highest BCUT2D eigenvalue weighted by Crippen LogP contribution is 2.24. The molecule has 2 heterocycles.